The Kier molecular flexibility index (Phi) is 5.48. The van der Waals surface area contributed by atoms with E-state index in [2.05, 4.69) is 5.32 Å². The zero-order valence-electron chi connectivity index (χ0n) is 15.9. The lowest BCUT2D eigenvalue weighted by Crippen LogP contribution is -2.32. The molecule has 4 rings (SSSR count). The highest BCUT2D eigenvalue weighted by Gasteiger charge is 2.40. The number of nitrogens with zero attached hydrogens (tertiary/aromatic N) is 1. The number of benzene rings is 3. The number of carbonyl (C=O) groups excluding carboxylic acids is 2. The number of halogens is 2. The first-order chi connectivity index (χ1) is 14.5. The summed E-state index contributed by atoms with van der Waals surface area (Å²) in [5.41, 5.74) is 2.06. The molecule has 3 aromatic rings. The molecule has 1 aliphatic rings. The molecule has 1 N–H and O–H groups in total. The van der Waals surface area contributed by atoms with E-state index >= 15 is 0 Å². The van der Waals surface area contributed by atoms with Crippen LogP contribution in [0.4, 0.5) is 11.4 Å². The number of ether oxygens (including phenoxy) is 1. The molecule has 2 amide bonds. The molecule has 0 aliphatic carbocycles. The maximum absolute atomic E-state index is 13.3. The lowest BCUT2D eigenvalue weighted by Gasteiger charge is -2.15. The van der Waals surface area contributed by atoms with Crippen molar-refractivity contribution >= 4 is 52.0 Å². The Morgan fingerprint density at radius 2 is 1.53 bits per heavy atom. The minimum absolute atomic E-state index is 0.174. The number of rotatable bonds is 5. The summed E-state index contributed by atoms with van der Waals surface area (Å²) in [6.07, 6.45) is 0. The monoisotopic (exact) mass is 438 g/mol. The molecule has 0 bridgehead atoms. The van der Waals surface area contributed by atoms with Gasteiger partial charge in [-0.25, -0.2) is 4.90 Å². The molecular weight excluding hydrogens is 423 g/mol. The Morgan fingerprint density at radius 3 is 2.17 bits per heavy atom. The van der Waals surface area contributed by atoms with Crippen LogP contribution in [0.2, 0.25) is 10.0 Å². The van der Waals surface area contributed by atoms with Crippen LogP contribution in [0.5, 0.6) is 5.75 Å². The standard InChI is InChI=1S/C23H16Cl2N2O3/c1-30-19-11-9-17(10-12-19)26-21-20(14-5-7-15(24)8-6-14)22(28)27(23(21)29)18-4-2-3-16(25)13-18/h2-13,26H,1H3. The number of carbonyl (C=O) groups is 2. The average molecular weight is 439 g/mol. The molecule has 1 aliphatic heterocycles. The third kappa shape index (κ3) is 3.77. The Bertz CT molecular complexity index is 1160. The van der Waals surface area contributed by atoms with Gasteiger partial charge in [-0.2, -0.15) is 0 Å². The van der Waals surface area contributed by atoms with Crippen molar-refractivity contribution in [3.63, 3.8) is 0 Å². The number of anilines is 2. The van der Waals surface area contributed by atoms with Gasteiger partial charge in [0.15, 0.2) is 0 Å². The zero-order valence-corrected chi connectivity index (χ0v) is 17.4. The van der Waals surface area contributed by atoms with Gasteiger partial charge in [0, 0.05) is 15.7 Å². The maximum Gasteiger partial charge on any atom is 0.282 e. The van der Waals surface area contributed by atoms with Crippen molar-refractivity contribution in [2.75, 3.05) is 17.3 Å². The molecule has 0 saturated heterocycles. The van der Waals surface area contributed by atoms with Crippen LogP contribution in [0.3, 0.4) is 0 Å². The van der Waals surface area contributed by atoms with Gasteiger partial charge in [0.05, 0.1) is 18.4 Å². The first kappa shape index (κ1) is 20.0. The lowest BCUT2D eigenvalue weighted by molar-refractivity contribution is -0.120. The minimum Gasteiger partial charge on any atom is -0.497 e. The number of hydrogen-bond acceptors (Lipinski definition) is 4. The second kappa shape index (κ2) is 8.22. The van der Waals surface area contributed by atoms with Gasteiger partial charge < -0.3 is 10.1 Å². The second-order valence-electron chi connectivity index (χ2n) is 6.54. The Morgan fingerprint density at radius 1 is 0.833 bits per heavy atom. The predicted octanol–water partition coefficient (Wildman–Crippen LogP) is 5.40. The summed E-state index contributed by atoms with van der Waals surface area (Å²) in [7, 11) is 1.58. The van der Waals surface area contributed by atoms with Crippen molar-refractivity contribution in [2.45, 2.75) is 0 Å². The molecule has 5 nitrogen and oxygen atoms in total. The van der Waals surface area contributed by atoms with Crippen LogP contribution in [0.15, 0.2) is 78.5 Å². The van der Waals surface area contributed by atoms with Crippen molar-refractivity contribution < 1.29 is 14.3 Å². The van der Waals surface area contributed by atoms with Crippen LogP contribution in [0.1, 0.15) is 5.56 Å². The molecular formula is C23H16Cl2N2O3. The van der Waals surface area contributed by atoms with Gasteiger partial charge in [0.2, 0.25) is 0 Å². The fourth-order valence-corrected chi connectivity index (χ4v) is 3.51. The van der Waals surface area contributed by atoms with Crippen LogP contribution in [0, 0.1) is 0 Å². The molecule has 0 atom stereocenters. The number of methoxy groups -OCH3 is 1. The van der Waals surface area contributed by atoms with E-state index in [1.54, 1.807) is 79.9 Å². The van der Waals surface area contributed by atoms with Gasteiger partial charge in [0.1, 0.15) is 11.4 Å². The summed E-state index contributed by atoms with van der Waals surface area (Å²) in [4.78, 5) is 27.7. The summed E-state index contributed by atoms with van der Waals surface area (Å²) in [5, 5.41) is 4.06. The highest BCUT2D eigenvalue weighted by molar-refractivity contribution is 6.46. The van der Waals surface area contributed by atoms with Gasteiger partial charge in [0.25, 0.3) is 11.8 Å². The molecule has 0 saturated carbocycles. The quantitative estimate of drug-likeness (QED) is 0.541. The molecule has 1 heterocycles. The molecule has 3 aromatic carbocycles. The van der Waals surface area contributed by atoms with Crippen molar-refractivity contribution in [1.29, 1.82) is 0 Å². The summed E-state index contributed by atoms with van der Waals surface area (Å²) in [5.74, 6) is -0.231. The summed E-state index contributed by atoms with van der Waals surface area (Å²) in [6, 6.07) is 20.4. The van der Waals surface area contributed by atoms with E-state index in [9.17, 15) is 9.59 Å². The summed E-state index contributed by atoms with van der Waals surface area (Å²) in [6.45, 7) is 0. The summed E-state index contributed by atoms with van der Waals surface area (Å²) >= 11 is 12.1. The molecule has 0 unspecified atom stereocenters. The Hall–Kier alpha value is -3.28. The fraction of sp³-hybridized carbons (Fsp3) is 0.0435. The van der Waals surface area contributed by atoms with Gasteiger partial charge in [-0.05, 0) is 60.2 Å². The SMILES string of the molecule is COc1ccc(NC2=C(c3ccc(Cl)cc3)C(=O)N(c3cccc(Cl)c3)C2=O)cc1. The molecule has 7 heteroatoms. The van der Waals surface area contributed by atoms with Crippen LogP contribution in [-0.2, 0) is 9.59 Å². The van der Waals surface area contributed by atoms with Crippen molar-refractivity contribution in [3.05, 3.63) is 94.1 Å². The van der Waals surface area contributed by atoms with Gasteiger partial charge in [-0.15, -0.1) is 0 Å². The Balaban J connectivity index is 1.80. The van der Waals surface area contributed by atoms with E-state index in [4.69, 9.17) is 27.9 Å². The molecule has 0 spiro atoms. The first-order valence-electron chi connectivity index (χ1n) is 9.03. The molecule has 0 radical (unpaired) electrons. The van der Waals surface area contributed by atoms with E-state index in [1.165, 1.54) is 0 Å². The van der Waals surface area contributed by atoms with Crippen LogP contribution < -0.4 is 15.0 Å². The van der Waals surface area contributed by atoms with E-state index in [0.29, 0.717) is 32.7 Å². The van der Waals surface area contributed by atoms with Crippen molar-refractivity contribution in [2.24, 2.45) is 0 Å². The van der Waals surface area contributed by atoms with Crippen molar-refractivity contribution in [1.82, 2.24) is 0 Å². The topological polar surface area (TPSA) is 58.6 Å². The minimum atomic E-state index is -0.469. The zero-order chi connectivity index (χ0) is 21.3. The van der Waals surface area contributed by atoms with E-state index in [-0.39, 0.29) is 11.3 Å². The lowest BCUT2D eigenvalue weighted by atomic mass is 10.0. The number of amides is 2. The van der Waals surface area contributed by atoms with Crippen LogP contribution in [-0.4, -0.2) is 18.9 Å². The van der Waals surface area contributed by atoms with Crippen molar-refractivity contribution in [3.8, 4) is 5.75 Å². The third-order valence-corrected chi connectivity index (χ3v) is 5.13. The number of hydrogen-bond donors (Lipinski definition) is 1. The van der Waals surface area contributed by atoms with Crippen LogP contribution in [0.25, 0.3) is 5.57 Å². The Labute approximate surface area is 183 Å². The largest absolute Gasteiger partial charge is 0.497 e. The number of imide groups is 1. The van der Waals surface area contributed by atoms with Crippen LogP contribution >= 0.6 is 23.2 Å². The van der Waals surface area contributed by atoms with E-state index < -0.39 is 11.8 Å². The predicted molar refractivity (Wildman–Crippen MR) is 119 cm³/mol. The second-order valence-corrected chi connectivity index (χ2v) is 7.41. The molecule has 0 fully saturated rings. The average Bonchev–Trinajstić information content (AvgIpc) is 2.99. The van der Waals surface area contributed by atoms with Gasteiger partial charge >= 0.3 is 0 Å². The highest BCUT2D eigenvalue weighted by Crippen LogP contribution is 2.35. The third-order valence-electron chi connectivity index (χ3n) is 4.64. The van der Waals surface area contributed by atoms with E-state index in [0.717, 1.165) is 4.90 Å². The molecule has 150 valence electrons. The maximum atomic E-state index is 13.3. The summed E-state index contributed by atoms with van der Waals surface area (Å²) < 4.78 is 5.17. The number of nitrogens with one attached hydrogen (secondary N) is 1. The fourth-order valence-electron chi connectivity index (χ4n) is 3.20. The smallest absolute Gasteiger partial charge is 0.282 e. The first-order valence-corrected chi connectivity index (χ1v) is 9.79. The molecule has 0 aromatic heterocycles. The van der Waals surface area contributed by atoms with Gasteiger partial charge in [-0.1, -0.05) is 41.4 Å². The molecule has 30 heavy (non-hydrogen) atoms. The normalized spacial score (nSPS) is 13.8. The van der Waals surface area contributed by atoms with Gasteiger partial charge in [-0.3, -0.25) is 9.59 Å². The van der Waals surface area contributed by atoms with E-state index in [1.807, 2.05) is 0 Å². The highest BCUT2D eigenvalue weighted by atomic mass is 35.5.